The van der Waals surface area contributed by atoms with Gasteiger partial charge in [-0.1, -0.05) is 30.3 Å². The molecule has 0 aliphatic carbocycles. The molecule has 1 aromatic carbocycles. The van der Waals surface area contributed by atoms with E-state index in [1.807, 2.05) is 30.3 Å². The molecule has 0 fully saturated rings. The van der Waals surface area contributed by atoms with Crippen LogP contribution in [-0.4, -0.2) is 40.7 Å². The lowest BCUT2D eigenvalue weighted by Gasteiger charge is -2.11. The van der Waals surface area contributed by atoms with E-state index in [0.29, 0.717) is 23.9 Å². The number of nitrogens with one attached hydrogen (secondary N) is 2. The molecule has 3 rings (SSSR count). The third-order valence-electron chi connectivity index (χ3n) is 4.18. The van der Waals surface area contributed by atoms with E-state index >= 15 is 0 Å². The number of esters is 1. The van der Waals surface area contributed by atoms with Crippen LogP contribution >= 0.6 is 11.8 Å². The molecule has 148 valence electrons. The van der Waals surface area contributed by atoms with Crippen molar-refractivity contribution < 1.29 is 19.1 Å². The first kappa shape index (κ1) is 19.9. The highest BCUT2D eigenvalue weighted by molar-refractivity contribution is 7.98. The molecule has 28 heavy (non-hydrogen) atoms. The maximum Gasteiger partial charge on any atom is 0.397 e. The lowest BCUT2D eigenvalue weighted by atomic mass is 10.1. The summed E-state index contributed by atoms with van der Waals surface area (Å²) in [5.74, 6) is -0.273. The Morgan fingerprint density at radius 1 is 1.21 bits per heavy atom. The molecular formula is C19H22N4O4S. The number of carbonyl (C=O) groups is 3. The van der Waals surface area contributed by atoms with E-state index in [1.54, 1.807) is 18.7 Å². The van der Waals surface area contributed by atoms with Gasteiger partial charge in [-0.2, -0.15) is 16.9 Å². The second-order valence-corrected chi connectivity index (χ2v) is 7.17. The molecule has 0 saturated heterocycles. The van der Waals surface area contributed by atoms with Crippen molar-refractivity contribution in [2.75, 3.05) is 18.5 Å². The van der Waals surface area contributed by atoms with Crippen molar-refractivity contribution in [2.24, 2.45) is 0 Å². The molecule has 0 radical (unpaired) electrons. The van der Waals surface area contributed by atoms with Gasteiger partial charge in [0.1, 0.15) is 12.4 Å². The third-order valence-corrected chi connectivity index (χ3v) is 5.15. The fourth-order valence-corrected chi connectivity index (χ4v) is 3.89. The normalized spacial score (nSPS) is 12.3. The number of rotatable bonds is 7. The predicted molar refractivity (Wildman–Crippen MR) is 106 cm³/mol. The Kier molecular flexibility index (Phi) is 6.70. The molecule has 2 N–H and O–H groups in total. The summed E-state index contributed by atoms with van der Waals surface area (Å²) in [4.78, 5) is 36.0. The molecule has 2 aromatic rings. The number of fused-ring (bicyclic) bond motifs is 1. The van der Waals surface area contributed by atoms with Gasteiger partial charge in [0.05, 0.1) is 12.3 Å². The third kappa shape index (κ3) is 4.92. The Morgan fingerprint density at radius 3 is 2.75 bits per heavy atom. The molecule has 0 bridgehead atoms. The molecule has 0 spiro atoms. The van der Waals surface area contributed by atoms with Crippen LogP contribution in [0.5, 0.6) is 0 Å². The number of thioether (sulfide) groups is 1. The second kappa shape index (κ2) is 9.41. The SMILES string of the molecule is CCOC(=O)C(=O)Nc1c2c(nn1CC(=O)NCCc1ccccc1)CSC2. The number of carbonyl (C=O) groups excluding carboxylic acids is 3. The maximum absolute atomic E-state index is 12.3. The maximum atomic E-state index is 12.3. The monoisotopic (exact) mass is 402 g/mol. The summed E-state index contributed by atoms with van der Waals surface area (Å²) in [6.07, 6.45) is 0.727. The van der Waals surface area contributed by atoms with Crippen LogP contribution in [0.3, 0.4) is 0 Å². The Labute approximate surface area is 167 Å². The minimum Gasteiger partial charge on any atom is -0.459 e. The molecule has 0 saturated carbocycles. The van der Waals surface area contributed by atoms with Gasteiger partial charge in [0.25, 0.3) is 0 Å². The second-order valence-electron chi connectivity index (χ2n) is 6.18. The average Bonchev–Trinajstić information content (AvgIpc) is 3.25. The Morgan fingerprint density at radius 2 is 2.00 bits per heavy atom. The number of hydrogen-bond acceptors (Lipinski definition) is 6. The first-order valence-electron chi connectivity index (χ1n) is 9.03. The largest absolute Gasteiger partial charge is 0.459 e. The predicted octanol–water partition coefficient (Wildman–Crippen LogP) is 1.49. The summed E-state index contributed by atoms with van der Waals surface area (Å²) in [6, 6.07) is 9.87. The van der Waals surface area contributed by atoms with Crippen LogP contribution < -0.4 is 10.6 Å². The summed E-state index contributed by atoms with van der Waals surface area (Å²) in [7, 11) is 0. The molecular weight excluding hydrogens is 380 g/mol. The van der Waals surface area contributed by atoms with Crippen molar-refractivity contribution in [2.45, 2.75) is 31.4 Å². The number of ether oxygens (including phenoxy) is 1. The Balaban J connectivity index is 1.62. The summed E-state index contributed by atoms with van der Waals surface area (Å²) >= 11 is 1.66. The number of aromatic nitrogens is 2. The van der Waals surface area contributed by atoms with Crippen molar-refractivity contribution >= 4 is 35.4 Å². The van der Waals surface area contributed by atoms with Gasteiger partial charge in [-0.3, -0.25) is 9.59 Å². The Bertz CT molecular complexity index is 866. The molecule has 0 unspecified atom stereocenters. The zero-order chi connectivity index (χ0) is 19.9. The lowest BCUT2D eigenvalue weighted by Crippen LogP contribution is -2.31. The molecule has 1 aliphatic rings. The van der Waals surface area contributed by atoms with Gasteiger partial charge in [-0.25, -0.2) is 9.48 Å². The van der Waals surface area contributed by atoms with E-state index < -0.39 is 11.9 Å². The van der Waals surface area contributed by atoms with Crippen molar-refractivity contribution in [1.29, 1.82) is 0 Å². The minimum absolute atomic E-state index is 0.0368. The smallest absolute Gasteiger partial charge is 0.397 e. The average molecular weight is 402 g/mol. The van der Waals surface area contributed by atoms with Crippen LogP contribution in [-0.2, 0) is 43.6 Å². The highest BCUT2D eigenvalue weighted by Gasteiger charge is 2.27. The van der Waals surface area contributed by atoms with Crippen LogP contribution in [0.1, 0.15) is 23.7 Å². The topological polar surface area (TPSA) is 102 Å². The standard InChI is InChI=1S/C19H22N4O4S/c1-2-27-19(26)18(25)21-17-14-11-28-12-15(14)22-23(17)10-16(24)20-9-8-13-6-4-3-5-7-13/h3-7H,2,8-12H2,1H3,(H,20,24)(H,21,25). The van der Waals surface area contributed by atoms with E-state index in [1.165, 1.54) is 4.68 Å². The van der Waals surface area contributed by atoms with Gasteiger partial charge < -0.3 is 15.4 Å². The summed E-state index contributed by atoms with van der Waals surface area (Å²) in [5.41, 5.74) is 2.81. The zero-order valence-electron chi connectivity index (χ0n) is 15.6. The van der Waals surface area contributed by atoms with E-state index in [9.17, 15) is 14.4 Å². The number of nitrogens with zero attached hydrogens (tertiary/aromatic N) is 2. The van der Waals surface area contributed by atoms with Crippen molar-refractivity contribution in [1.82, 2.24) is 15.1 Å². The van der Waals surface area contributed by atoms with Gasteiger partial charge in [-0.05, 0) is 18.9 Å². The molecule has 2 amide bonds. The molecule has 1 aromatic heterocycles. The van der Waals surface area contributed by atoms with E-state index in [2.05, 4.69) is 15.7 Å². The van der Waals surface area contributed by atoms with Gasteiger partial charge in [-0.15, -0.1) is 0 Å². The van der Waals surface area contributed by atoms with Crippen LogP contribution in [0.25, 0.3) is 0 Å². The van der Waals surface area contributed by atoms with Crippen LogP contribution in [0.4, 0.5) is 5.82 Å². The number of benzene rings is 1. The number of hydrogen-bond donors (Lipinski definition) is 2. The van der Waals surface area contributed by atoms with E-state index in [0.717, 1.165) is 23.2 Å². The first-order chi connectivity index (χ1) is 13.6. The number of anilines is 1. The molecule has 0 atom stereocenters. The van der Waals surface area contributed by atoms with Crippen molar-refractivity contribution in [3.05, 3.63) is 47.2 Å². The quantitative estimate of drug-likeness (QED) is 0.537. The summed E-state index contributed by atoms with van der Waals surface area (Å²) < 4.78 is 6.17. The fraction of sp³-hybridized carbons (Fsp3) is 0.368. The summed E-state index contributed by atoms with van der Waals surface area (Å²) in [6.45, 7) is 2.21. The van der Waals surface area contributed by atoms with Crippen LogP contribution in [0.15, 0.2) is 30.3 Å². The van der Waals surface area contributed by atoms with Crippen LogP contribution in [0.2, 0.25) is 0 Å². The fourth-order valence-electron chi connectivity index (χ4n) is 2.86. The van der Waals surface area contributed by atoms with Crippen molar-refractivity contribution in [3.63, 3.8) is 0 Å². The zero-order valence-corrected chi connectivity index (χ0v) is 16.4. The van der Waals surface area contributed by atoms with E-state index in [4.69, 9.17) is 4.74 Å². The minimum atomic E-state index is -0.957. The molecule has 2 heterocycles. The highest BCUT2D eigenvalue weighted by atomic mass is 32.2. The van der Waals surface area contributed by atoms with Crippen molar-refractivity contribution in [3.8, 4) is 0 Å². The van der Waals surface area contributed by atoms with Gasteiger partial charge >= 0.3 is 11.9 Å². The first-order valence-corrected chi connectivity index (χ1v) is 10.2. The summed E-state index contributed by atoms with van der Waals surface area (Å²) in [5, 5.41) is 9.84. The van der Waals surface area contributed by atoms with Gasteiger partial charge in [0.2, 0.25) is 5.91 Å². The van der Waals surface area contributed by atoms with E-state index in [-0.39, 0.29) is 19.1 Å². The van der Waals surface area contributed by atoms with Crippen LogP contribution in [0, 0.1) is 0 Å². The molecule has 1 aliphatic heterocycles. The number of amides is 2. The molecule has 9 heteroatoms. The molecule has 8 nitrogen and oxygen atoms in total. The Hall–Kier alpha value is -2.81. The van der Waals surface area contributed by atoms with Gasteiger partial charge in [0.15, 0.2) is 0 Å². The van der Waals surface area contributed by atoms with Gasteiger partial charge in [0, 0.05) is 23.6 Å². The lowest BCUT2D eigenvalue weighted by molar-refractivity contribution is -0.152. The highest BCUT2D eigenvalue weighted by Crippen LogP contribution is 2.34.